The van der Waals surface area contributed by atoms with Gasteiger partial charge in [-0.05, 0) is 25.0 Å². The maximum Gasteiger partial charge on any atom is 0.242 e. The summed E-state index contributed by atoms with van der Waals surface area (Å²) in [6.45, 7) is 2.13. The molecule has 0 aliphatic heterocycles. The summed E-state index contributed by atoms with van der Waals surface area (Å²) in [5, 5.41) is 6.18. The van der Waals surface area contributed by atoms with Gasteiger partial charge in [-0.1, -0.05) is 18.2 Å². The van der Waals surface area contributed by atoms with E-state index in [4.69, 9.17) is 0 Å². The first-order valence-corrected chi connectivity index (χ1v) is 11.6. The molecule has 1 aromatic carbocycles. The van der Waals surface area contributed by atoms with Gasteiger partial charge < -0.3 is 10.6 Å². The van der Waals surface area contributed by atoms with E-state index in [9.17, 15) is 16.8 Å². The second kappa shape index (κ2) is 11.2. The van der Waals surface area contributed by atoms with E-state index < -0.39 is 19.9 Å². The second-order valence-electron chi connectivity index (χ2n) is 6.28. The lowest BCUT2D eigenvalue weighted by Crippen LogP contribution is -2.42. The van der Waals surface area contributed by atoms with E-state index in [1.54, 1.807) is 31.3 Å². The number of halogens is 1. The molecular formula is C16H29IN4O4S2. The topological polar surface area (TPSA) is 108 Å². The third-order valence-electron chi connectivity index (χ3n) is 3.71. The molecule has 0 heterocycles. The lowest BCUT2D eigenvalue weighted by atomic mass is 10.2. The predicted octanol–water partition coefficient (Wildman–Crippen LogP) is 1.04. The van der Waals surface area contributed by atoms with Crippen molar-refractivity contribution in [1.82, 2.24) is 14.9 Å². The van der Waals surface area contributed by atoms with Crippen molar-refractivity contribution < 1.29 is 16.8 Å². The smallest absolute Gasteiger partial charge is 0.242 e. The van der Waals surface area contributed by atoms with Crippen LogP contribution in [0.1, 0.15) is 18.9 Å². The Balaban J connectivity index is 0.00000676. The monoisotopic (exact) mass is 532 g/mol. The summed E-state index contributed by atoms with van der Waals surface area (Å²) < 4.78 is 48.5. The molecule has 0 amide bonds. The summed E-state index contributed by atoms with van der Waals surface area (Å²) >= 11 is 0. The number of guanidine groups is 1. The van der Waals surface area contributed by atoms with E-state index in [2.05, 4.69) is 15.6 Å². The molecular weight excluding hydrogens is 503 g/mol. The number of hydrogen-bond acceptors (Lipinski definition) is 5. The van der Waals surface area contributed by atoms with Crippen molar-refractivity contribution in [1.29, 1.82) is 0 Å². The van der Waals surface area contributed by atoms with Gasteiger partial charge >= 0.3 is 0 Å². The Labute approximate surface area is 179 Å². The Bertz CT molecular complexity index is 840. The molecule has 1 rings (SSSR count). The third-order valence-corrected chi connectivity index (χ3v) is 6.60. The molecule has 8 nitrogen and oxygen atoms in total. The zero-order chi connectivity index (χ0) is 20.0. The van der Waals surface area contributed by atoms with Gasteiger partial charge in [0.15, 0.2) is 5.96 Å². The Kier molecular flexibility index (Phi) is 10.8. The number of sulfonamides is 1. The lowest BCUT2D eigenvalue weighted by molar-refractivity contribution is 0.519. The van der Waals surface area contributed by atoms with Crippen LogP contribution in [0.4, 0.5) is 0 Å². The van der Waals surface area contributed by atoms with E-state index in [1.807, 2.05) is 6.92 Å². The highest BCUT2D eigenvalue weighted by Crippen LogP contribution is 2.18. The average molecular weight is 532 g/mol. The number of hydrogen-bond donors (Lipinski definition) is 2. The Hall–Kier alpha value is -0.920. The molecule has 27 heavy (non-hydrogen) atoms. The van der Waals surface area contributed by atoms with Gasteiger partial charge in [-0.15, -0.1) is 24.0 Å². The number of rotatable bonds is 8. The van der Waals surface area contributed by atoms with Gasteiger partial charge in [0.1, 0.15) is 9.84 Å². The molecule has 1 aromatic rings. The molecule has 0 fully saturated rings. The molecule has 0 radical (unpaired) electrons. The van der Waals surface area contributed by atoms with E-state index in [-0.39, 0.29) is 47.2 Å². The number of nitrogens with zero attached hydrogens (tertiary/aromatic N) is 2. The number of aliphatic imine (C=N–C) groups is 1. The van der Waals surface area contributed by atoms with Gasteiger partial charge in [0.05, 0.1) is 10.6 Å². The van der Waals surface area contributed by atoms with Gasteiger partial charge in [0, 0.05) is 40.0 Å². The van der Waals surface area contributed by atoms with Crippen LogP contribution in [0.3, 0.4) is 0 Å². The Morgan fingerprint density at radius 3 is 2.30 bits per heavy atom. The zero-order valence-corrected chi connectivity index (χ0v) is 20.2. The zero-order valence-electron chi connectivity index (χ0n) is 16.3. The van der Waals surface area contributed by atoms with E-state index in [0.717, 1.165) is 0 Å². The molecule has 0 saturated carbocycles. The maximum atomic E-state index is 12.4. The SMILES string of the molecule is CN=C(NCc1ccccc1S(=O)(=O)N(C)C)NC(C)CCS(C)(=O)=O.I. The minimum atomic E-state index is -3.54. The summed E-state index contributed by atoms with van der Waals surface area (Å²) in [4.78, 5) is 4.33. The van der Waals surface area contributed by atoms with Crippen LogP contribution in [0.25, 0.3) is 0 Å². The van der Waals surface area contributed by atoms with Crippen LogP contribution < -0.4 is 10.6 Å². The van der Waals surface area contributed by atoms with E-state index in [0.29, 0.717) is 17.9 Å². The Morgan fingerprint density at radius 1 is 1.19 bits per heavy atom. The minimum Gasteiger partial charge on any atom is -0.354 e. The average Bonchev–Trinajstić information content (AvgIpc) is 2.56. The maximum absolute atomic E-state index is 12.4. The Morgan fingerprint density at radius 2 is 1.78 bits per heavy atom. The van der Waals surface area contributed by atoms with Crippen molar-refractivity contribution >= 4 is 49.8 Å². The molecule has 0 aromatic heterocycles. The highest BCUT2D eigenvalue weighted by atomic mass is 127. The molecule has 0 spiro atoms. The van der Waals surface area contributed by atoms with Crippen molar-refractivity contribution in [2.24, 2.45) is 4.99 Å². The molecule has 1 unspecified atom stereocenters. The first-order valence-electron chi connectivity index (χ1n) is 8.12. The van der Waals surface area contributed by atoms with Crippen molar-refractivity contribution in [3.05, 3.63) is 29.8 Å². The summed E-state index contributed by atoms with van der Waals surface area (Å²) in [6, 6.07) is 6.66. The molecule has 156 valence electrons. The van der Waals surface area contributed by atoms with Crippen LogP contribution >= 0.6 is 24.0 Å². The first kappa shape index (κ1) is 26.1. The molecule has 0 aliphatic carbocycles. The van der Waals surface area contributed by atoms with Gasteiger partial charge in [-0.2, -0.15) is 0 Å². The van der Waals surface area contributed by atoms with Gasteiger partial charge in [0.2, 0.25) is 10.0 Å². The highest BCUT2D eigenvalue weighted by Gasteiger charge is 2.20. The summed E-state index contributed by atoms with van der Waals surface area (Å²) in [7, 11) is -1.99. The van der Waals surface area contributed by atoms with Crippen molar-refractivity contribution in [3.63, 3.8) is 0 Å². The van der Waals surface area contributed by atoms with Gasteiger partial charge in [0.25, 0.3) is 0 Å². The highest BCUT2D eigenvalue weighted by molar-refractivity contribution is 14.0. The fraction of sp³-hybridized carbons (Fsp3) is 0.562. The van der Waals surface area contributed by atoms with Crippen LogP contribution in [-0.2, 0) is 26.4 Å². The molecule has 0 bridgehead atoms. The quantitative estimate of drug-likeness (QED) is 0.295. The standard InChI is InChI=1S/C16H28N4O4S2.HI/c1-13(10-11-25(5,21)22)19-16(17-2)18-12-14-8-6-7-9-15(14)26(23,24)20(3)4;/h6-9,13H,10-12H2,1-5H3,(H2,17,18,19);1H. The van der Waals surface area contributed by atoms with Crippen LogP contribution in [0.5, 0.6) is 0 Å². The fourth-order valence-corrected chi connectivity index (χ4v) is 4.07. The van der Waals surface area contributed by atoms with Crippen LogP contribution in [-0.4, -0.2) is 66.3 Å². The predicted molar refractivity (Wildman–Crippen MR) is 120 cm³/mol. The van der Waals surface area contributed by atoms with E-state index >= 15 is 0 Å². The summed E-state index contributed by atoms with van der Waals surface area (Å²) in [5.41, 5.74) is 0.618. The first-order chi connectivity index (χ1) is 12.0. The molecule has 1 atom stereocenters. The number of benzene rings is 1. The van der Waals surface area contributed by atoms with Crippen LogP contribution in [0.15, 0.2) is 34.2 Å². The van der Waals surface area contributed by atoms with Crippen molar-refractivity contribution in [3.8, 4) is 0 Å². The molecule has 11 heteroatoms. The molecule has 0 aliphatic rings. The molecule has 0 saturated heterocycles. The molecule has 2 N–H and O–H groups in total. The van der Waals surface area contributed by atoms with Crippen LogP contribution in [0, 0.1) is 0 Å². The number of nitrogens with one attached hydrogen (secondary N) is 2. The lowest BCUT2D eigenvalue weighted by Gasteiger charge is -2.19. The minimum absolute atomic E-state index is 0. The summed E-state index contributed by atoms with van der Waals surface area (Å²) in [6.07, 6.45) is 1.65. The number of sulfone groups is 1. The van der Waals surface area contributed by atoms with Gasteiger partial charge in [-0.25, -0.2) is 21.1 Å². The van der Waals surface area contributed by atoms with Gasteiger partial charge in [-0.3, -0.25) is 4.99 Å². The van der Waals surface area contributed by atoms with Crippen LogP contribution in [0.2, 0.25) is 0 Å². The van der Waals surface area contributed by atoms with Crippen molar-refractivity contribution in [2.75, 3.05) is 33.2 Å². The fourth-order valence-electron chi connectivity index (χ4n) is 2.17. The normalized spacial score (nSPS) is 13.8. The third kappa shape index (κ3) is 8.75. The van der Waals surface area contributed by atoms with E-state index in [1.165, 1.54) is 24.7 Å². The largest absolute Gasteiger partial charge is 0.354 e. The summed E-state index contributed by atoms with van der Waals surface area (Å²) in [5.74, 6) is 0.560. The second-order valence-corrected chi connectivity index (χ2v) is 10.7. The van der Waals surface area contributed by atoms with Crippen molar-refractivity contribution in [2.45, 2.75) is 30.8 Å².